The summed E-state index contributed by atoms with van der Waals surface area (Å²) in [5.41, 5.74) is 2.41. The molecule has 0 radical (unpaired) electrons. The third-order valence-corrected chi connectivity index (χ3v) is 5.24. The van der Waals surface area contributed by atoms with E-state index in [1.54, 1.807) is 6.20 Å². The third-order valence-electron chi connectivity index (χ3n) is 5.24. The summed E-state index contributed by atoms with van der Waals surface area (Å²) in [5, 5.41) is 0.990. The van der Waals surface area contributed by atoms with E-state index in [-0.39, 0.29) is 5.97 Å². The highest BCUT2D eigenvalue weighted by atomic mass is 16.5. The number of fused-ring (bicyclic) bond motifs is 1. The Bertz CT molecular complexity index is 952. The largest absolute Gasteiger partial charge is 0.462 e. The van der Waals surface area contributed by atoms with E-state index in [4.69, 9.17) is 9.72 Å². The number of carbonyl (C=O) groups is 1. The molecule has 1 aromatic carbocycles. The molecule has 1 aliphatic rings. The van der Waals surface area contributed by atoms with Gasteiger partial charge in [-0.1, -0.05) is 18.2 Å². The molecule has 140 valence electrons. The molecular formula is C21H24N4O2. The molecule has 3 heterocycles. The van der Waals surface area contributed by atoms with Crippen molar-refractivity contribution in [3.63, 3.8) is 0 Å². The standard InChI is InChI=1S/C21H24N4O2/c1-3-27-21(26)18-14(2)16-8-4-5-9-17(16)24-20(18)25-12-6-7-15(13-25)19-22-10-11-23-19/h4-5,8-11,15H,3,6-7,12-13H2,1-2H3,(H,22,23). The number of hydrogen-bond acceptors (Lipinski definition) is 5. The van der Waals surface area contributed by atoms with Crippen molar-refractivity contribution in [2.75, 3.05) is 24.6 Å². The number of H-pyrrole nitrogens is 1. The van der Waals surface area contributed by atoms with Crippen LogP contribution in [-0.2, 0) is 4.74 Å². The van der Waals surface area contributed by atoms with Gasteiger partial charge in [-0.25, -0.2) is 14.8 Å². The number of para-hydroxylation sites is 1. The van der Waals surface area contributed by atoms with Gasteiger partial charge in [0.2, 0.25) is 0 Å². The normalized spacial score (nSPS) is 17.3. The number of esters is 1. The summed E-state index contributed by atoms with van der Waals surface area (Å²) in [4.78, 5) is 27.5. The molecule has 27 heavy (non-hydrogen) atoms. The SMILES string of the molecule is CCOC(=O)c1c(N2CCCC(c3ncc[nH]3)C2)nc2ccccc2c1C. The number of hydrogen-bond donors (Lipinski definition) is 1. The molecule has 6 heteroatoms. The van der Waals surface area contributed by atoms with E-state index in [0.717, 1.165) is 54.0 Å². The lowest BCUT2D eigenvalue weighted by atomic mass is 9.96. The van der Waals surface area contributed by atoms with Crippen LogP contribution in [0.15, 0.2) is 36.7 Å². The Morgan fingerprint density at radius 3 is 3.00 bits per heavy atom. The molecule has 2 aromatic heterocycles. The van der Waals surface area contributed by atoms with Crippen LogP contribution in [0.4, 0.5) is 5.82 Å². The Hall–Kier alpha value is -2.89. The highest BCUT2D eigenvalue weighted by Crippen LogP contribution is 2.33. The zero-order chi connectivity index (χ0) is 18.8. The predicted molar refractivity (Wildman–Crippen MR) is 105 cm³/mol. The van der Waals surface area contributed by atoms with E-state index >= 15 is 0 Å². The molecule has 6 nitrogen and oxygen atoms in total. The molecule has 1 atom stereocenters. The molecule has 0 saturated carbocycles. The lowest BCUT2D eigenvalue weighted by Crippen LogP contribution is -2.36. The van der Waals surface area contributed by atoms with Gasteiger partial charge in [0.25, 0.3) is 0 Å². The van der Waals surface area contributed by atoms with Gasteiger partial charge in [0, 0.05) is 36.8 Å². The molecule has 1 aliphatic heterocycles. The molecule has 1 fully saturated rings. The number of aromatic amines is 1. The summed E-state index contributed by atoms with van der Waals surface area (Å²) in [5.74, 6) is 1.72. The summed E-state index contributed by atoms with van der Waals surface area (Å²) in [6, 6.07) is 7.95. The lowest BCUT2D eigenvalue weighted by molar-refractivity contribution is 0.0526. The Kier molecular flexibility index (Phi) is 4.79. The number of aromatic nitrogens is 3. The first kappa shape index (κ1) is 17.5. The fourth-order valence-electron chi connectivity index (χ4n) is 3.93. The van der Waals surface area contributed by atoms with Gasteiger partial charge < -0.3 is 14.6 Å². The van der Waals surface area contributed by atoms with Gasteiger partial charge in [0.15, 0.2) is 0 Å². The molecule has 0 bridgehead atoms. The molecule has 1 unspecified atom stereocenters. The van der Waals surface area contributed by atoms with Crippen molar-refractivity contribution >= 4 is 22.7 Å². The third kappa shape index (κ3) is 3.27. The van der Waals surface area contributed by atoms with Crippen LogP contribution in [0.2, 0.25) is 0 Å². The second kappa shape index (κ2) is 7.39. The summed E-state index contributed by atoms with van der Waals surface area (Å²) in [6.45, 7) is 5.81. The van der Waals surface area contributed by atoms with Crippen LogP contribution in [0.5, 0.6) is 0 Å². The predicted octanol–water partition coefficient (Wildman–Crippen LogP) is 3.83. The van der Waals surface area contributed by atoms with E-state index in [0.29, 0.717) is 18.1 Å². The molecular weight excluding hydrogens is 340 g/mol. The summed E-state index contributed by atoms with van der Waals surface area (Å²) >= 11 is 0. The van der Waals surface area contributed by atoms with Crippen LogP contribution >= 0.6 is 0 Å². The van der Waals surface area contributed by atoms with Gasteiger partial charge in [-0.05, 0) is 38.3 Å². The molecule has 0 aliphatic carbocycles. The smallest absolute Gasteiger partial charge is 0.342 e. The number of rotatable bonds is 4. The van der Waals surface area contributed by atoms with E-state index in [1.165, 1.54) is 0 Å². The Labute approximate surface area is 158 Å². The number of nitrogens with zero attached hydrogens (tertiary/aromatic N) is 3. The number of imidazole rings is 1. The van der Waals surface area contributed by atoms with Crippen molar-refractivity contribution in [3.8, 4) is 0 Å². The van der Waals surface area contributed by atoms with Crippen molar-refractivity contribution in [3.05, 3.63) is 53.6 Å². The maximum Gasteiger partial charge on any atom is 0.342 e. The molecule has 1 saturated heterocycles. The monoisotopic (exact) mass is 364 g/mol. The van der Waals surface area contributed by atoms with Crippen molar-refractivity contribution in [1.29, 1.82) is 0 Å². The second-order valence-electron chi connectivity index (χ2n) is 6.93. The van der Waals surface area contributed by atoms with Gasteiger partial charge in [-0.3, -0.25) is 0 Å². The Morgan fingerprint density at radius 1 is 1.37 bits per heavy atom. The summed E-state index contributed by atoms with van der Waals surface area (Å²) in [7, 11) is 0. The Morgan fingerprint density at radius 2 is 2.22 bits per heavy atom. The Balaban J connectivity index is 1.79. The number of carbonyl (C=O) groups excluding carboxylic acids is 1. The van der Waals surface area contributed by atoms with Crippen LogP contribution in [-0.4, -0.2) is 40.6 Å². The van der Waals surface area contributed by atoms with Gasteiger partial charge in [-0.2, -0.15) is 0 Å². The zero-order valence-corrected chi connectivity index (χ0v) is 15.7. The molecule has 0 spiro atoms. The maximum absolute atomic E-state index is 12.8. The van der Waals surface area contributed by atoms with E-state index in [1.807, 2.05) is 44.3 Å². The minimum atomic E-state index is -0.302. The van der Waals surface area contributed by atoms with Crippen molar-refractivity contribution in [2.24, 2.45) is 0 Å². The fraction of sp³-hybridized carbons (Fsp3) is 0.381. The summed E-state index contributed by atoms with van der Waals surface area (Å²) in [6.07, 6.45) is 5.75. The number of ether oxygens (including phenoxy) is 1. The number of nitrogens with one attached hydrogen (secondary N) is 1. The van der Waals surface area contributed by atoms with Crippen molar-refractivity contribution in [2.45, 2.75) is 32.6 Å². The number of piperidine rings is 1. The van der Waals surface area contributed by atoms with Crippen LogP contribution < -0.4 is 4.90 Å². The topological polar surface area (TPSA) is 71.1 Å². The minimum absolute atomic E-state index is 0.302. The van der Waals surface area contributed by atoms with E-state index in [2.05, 4.69) is 14.9 Å². The van der Waals surface area contributed by atoms with Gasteiger partial charge >= 0.3 is 5.97 Å². The second-order valence-corrected chi connectivity index (χ2v) is 6.93. The quantitative estimate of drug-likeness (QED) is 0.713. The average Bonchev–Trinajstić information content (AvgIpc) is 3.23. The van der Waals surface area contributed by atoms with E-state index in [9.17, 15) is 4.79 Å². The van der Waals surface area contributed by atoms with Crippen LogP contribution in [0.25, 0.3) is 10.9 Å². The number of pyridine rings is 1. The fourth-order valence-corrected chi connectivity index (χ4v) is 3.93. The average molecular weight is 364 g/mol. The van der Waals surface area contributed by atoms with Gasteiger partial charge in [-0.15, -0.1) is 0 Å². The maximum atomic E-state index is 12.8. The summed E-state index contributed by atoms with van der Waals surface area (Å²) < 4.78 is 5.36. The molecule has 1 N–H and O–H groups in total. The molecule has 4 rings (SSSR count). The highest BCUT2D eigenvalue weighted by Gasteiger charge is 2.29. The molecule has 0 amide bonds. The van der Waals surface area contributed by atoms with Gasteiger partial charge in [0.05, 0.1) is 12.1 Å². The van der Waals surface area contributed by atoms with Crippen LogP contribution in [0, 0.1) is 6.92 Å². The number of aryl methyl sites for hydroxylation is 1. The lowest BCUT2D eigenvalue weighted by Gasteiger charge is -2.34. The number of anilines is 1. The minimum Gasteiger partial charge on any atom is -0.462 e. The van der Waals surface area contributed by atoms with Crippen molar-refractivity contribution in [1.82, 2.24) is 15.0 Å². The highest BCUT2D eigenvalue weighted by molar-refractivity contribution is 6.02. The van der Waals surface area contributed by atoms with Crippen LogP contribution in [0.1, 0.15) is 47.4 Å². The van der Waals surface area contributed by atoms with E-state index < -0.39 is 0 Å². The van der Waals surface area contributed by atoms with Crippen molar-refractivity contribution < 1.29 is 9.53 Å². The molecule has 3 aromatic rings. The first-order valence-electron chi connectivity index (χ1n) is 9.49. The first-order valence-corrected chi connectivity index (χ1v) is 9.49. The van der Waals surface area contributed by atoms with Gasteiger partial charge in [0.1, 0.15) is 17.2 Å². The number of benzene rings is 1. The van der Waals surface area contributed by atoms with Crippen LogP contribution in [0.3, 0.4) is 0 Å². The zero-order valence-electron chi connectivity index (χ0n) is 15.7. The first-order chi connectivity index (χ1) is 13.2.